The summed E-state index contributed by atoms with van der Waals surface area (Å²) in [6.07, 6.45) is 5.82. The monoisotopic (exact) mass is 460 g/mol. The highest BCUT2D eigenvalue weighted by Crippen LogP contribution is 2.44. The van der Waals surface area contributed by atoms with Gasteiger partial charge < -0.3 is 20.1 Å². The van der Waals surface area contributed by atoms with Crippen LogP contribution in [0.2, 0.25) is 0 Å². The van der Waals surface area contributed by atoms with Gasteiger partial charge in [0.05, 0.1) is 5.92 Å². The minimum Gasteiger partial charge on any atom is -0.481 e. The maximum Gasteiger partial charge on any atom is 0.407 e. The zero-order valence-corrected chi connectivity index (χ0v) is 19.1. The fraction of sp³-hybridized carbons (Fsp3) is 0.370. The van der Waals surface area contributed by atoms with E-state index in [4.69, 9.17) is 11.2 Å². The van der Waals surface area contributed by atoms with Crippen molar-refractivity contribution in [3.63, 3.8) is 0 Å². The number of carboxylic acid groups (broad SMARTS) is 1. The largest absolute Gasteiger partial charge is 0.481 e. The molecular formula is C27H28N2O5. The van der Waals surface area contributed by atoms with Crippen molar-refractivity contribution in [3.05, 3.63) is 59.7 Å². The zero-order valence-electron chi connectivity index (χ0n) is 19.1. The molecule has 2 aromatic carbocycles. The van der Waals surface area contributed by atoms with Crippen molar-refractivity contribution in [2.75, 3.05) is 13.2 Å². The first kappa shape index (κ1) is 23.4. The Morgan fingerprint density at radius 3 is 2.35 bits per heavy atom. The number of rotatable bonds is 6. The lowest BCUT2D eigenvalue weighted by Crippen LogP contribution is -2.55. The second kappa shape index (κ2) is 10.0. The predicted octanol–water partition coefficient (Wildman–Crippen LogP) is 3.63. The number of piperidine rings is 1. The van der Waals surface area contributed by atoms with Crippen LogP contribution < -0.4 is 5.32 Å². The number of nitrogens with one attached hydrogen (secondary N) is 1. The third-order valence-corrected chi connectivity index (χ3v) is 6.84. The molecule has 0 spiro atoms. The van der Waals surface area contributed by atoms with E-state index in [0.29, 0.717) is 19.4 Å². The lowest BCUT2D eigenvalue weighted by molar-refractivity contribution is -0.149. The van der Waals surface area contributed by atoms with E-state index in [2.05, 4.69) is 23.4 Å². The van der Waals surface area contributed by atoms with Crippen molar-refractivity contribution in [3.8, 4) is 23.5 Å². The first-order chi connectivity index (χ1) is 16.4. The fourth-order valence-corrected chi connectivity index (χ4v) is 5.08. The smallest absolute Gasteiger partial charge is 0.407 e. The molecule has 2 N–H and O–H groups in total. The Hall–Kier alpha value is -3.79. The van der Waals surface area contributed by atoms with Gasteiger partial charge in [-0.15, -0.1) is 12.3 Å². The molecule has 34 heavy (non-hydrogen) atoms. The maximum atomic E-state index is 13.2. The van der Waals surface area contributed by atoms with Crippen molar-refractivity contribution >= 4 is 18.0 Å². The lowest BCUT2D eigenvalue weighted by atomic mass is 9.89. The lowest BCUT2D eigenvalue weighted by Gasteiger charge is -2.39. The number of likely N-dealkylation sites (tertiary alicyclic amines) is 1. The quantitative estimate of drug-likeness (QED) is 0.642. The van der Waals surface area contributed by atoms with E-state index in [0.717, 1.165) is 22.3 Å². The Kier molecular flexibility index (Phi) is 6.87. The summed E-state index contributed by atoms with van der Waals surface area (Å²) in [5.41, 5.74) is 4.43. The number of carbonyl (C=O) groups excluding carboxylic acids is 2. The zero-order chi connectivity index (χ0) is 24.2. The molecular weight excluding hydrogens is 432 g/mol. The number of carbonyl (C=O) groups is 3. The van der Waals surface area contributed by atoms with E-state index in [1.807, 2.05) is 36.4 Å². The summed E-state index contributed by atoms with van der Waals surface area (Å²) in [5, 5.41) is 12.1. The van der Waals surface area contributed by atoms with Crippen LogP contribution in [-0.2, 0) is 14.3 Å². The van der Waals surface area contributed by atoms with Crippen LogP contribution in [-0.4, -0.2) is 53.2 Å². The number of hydrogen-bond acceptors (Lipinski definition) is 4. The van der Waals surface area contributed by atoms with Crippen LogP contribution in [0.15, 0.2) is 48.5 Å². The topological polar surface area (TPSA) is 95.9 Å². The minimum absolute atomic E-state index is 0.00993. The van der Waals surface area contributed by atoms with Gasteiger partial charge in [-0.1, -0.05) is 48.5 Å². The van der Waals surface area contributed by atoms with Crippen LogP contribution in [0.4, 0.5) is 4.79 Å². The number of fused-ring (bicyclic) bond motifs is 3. The molecule has 7 heteroatoms. The van der Waals surface area contributed by atoms with Gasteiger partial charge in [-0.25, -0.2) is 4.79 Å². The molecule has 7 nitrogen and oxygen atoms in total. The summed E-state index contributed by atoms with van der Waals surface area (Å²) in [5.74, 6) is 0.380. The van der Waals surface area contributed by atoms with Crippen LogP contribution >= 0.6 is 0 Å². The summed E-state index contributed by atoms with van der Waals surface area (Å²) >= 11 is 0. The second-order valence-electron chi connectivity index (χ2n) is 8.79. The summed E-state index contributed by atoms with van der Waals surface area (Å²) in [7, 11) is 0. The highest BCUT2D eigenvalue weighted by atomic mass is 16.5. The van der Waals surface area contributed by atoms with Crippen LogP contribution in [0.1, 0.15) is 43.2 Å². The molecule has 0 saturated carbocycles. The Morgan fingerprint density at radius 2 is 1.76 bits per heavy atom. The van der Waals surface area contributed by atoms with E-state index < -0.39 is 30.1 Å². The number of terminal acetylenes is 1. The molecule has 0 radical (unpaired) electrons. The van der Waals surface area contributed by atoms with Gasteiger partial charge >= 0.3 is 12.1 Å². The van der Waals surface area contributed by atoms with Crippen molar-refractivity contribution in [2.24, 2.45) is 5.92 Å². The number of amides is 2. The van der Waals surface area contributed by atoms with Crippen molar-refractivity contribution in [1.82, 2.24) is 10.2 Å². The molecule has 3 atom stereocenters. The standard InChI is InChI=1S/C27H28N2O5/c1-3-9-24(25(30)29-15-8-14-18(17(29)2)26(31)32)28-27(33)34-16-23-21-12-6-4-10-19(21)20-11-5-7-13-22(20)23/h1,4-7,10-13,17-18,23-24H,8-9,14-16H2,2H3,(H,28,33)(H,31,32). The molecule has 3 unspecified atom stereocenters. The third-order valence-electron chi connectivity index (χ3n) is 6.84. The van der Waals surface area contributed by atoms with Gasteiger partial charge in [-0.2, -0.15) is 0 Å². The molecule has 1 heterocycles. The number of carboxylic acids is 1. The van der Waals surface area contributed by atoms with Gasteiger partial charge in [0.15, 0.2) is 0 Å². The SMILES string of the molecule is C#CCC(NC(=O)OCC1c2ccccc2-c2ccccc21)C(=O)N1CCCC(C(=O)O)C1C. The predicted molar refractivity (Wildman–Crippen MR) is 127 cm³/mol. The van der Waals surface area contributed by atoms with Crippen LogP contribution in [0.5, 0.6) is 0 Å². The Bertz CT molecular complexity index is 1090. The highest BCUT2D eigenvalue weighted by Gasteiger charge is 2.38. The van der Waals surface area contributed by atoms with Crippen LogP contribution in [0.25, 0.3) is 11.1 Å². The average Bonchev–Trinajstić information content (AvgIpc) is 3.16. The molecule has 4 rings (SSSR count). The summed E-state index contributed by atoms with van der Waals surface area (Å²) < 4.78 is 5.56. The van der Waals surface area contributed by atoms with Gasteiger partial charge in [0, 0.05) is 24.9 Å². The summed E-state index contributed by atoms with van der Waals surface area (Å²) in [6, 6.07) is 14.6. The molecule has 2 aromatic rings. The summed E-state index contributed by atoms with van der Waals surface area (Å²) in [6.45, 7) is 2.27. The van der Waals surface area contributed by atoms with Crippen molar-refractivity contribution < 1.29 is 24.2 Å². The normalized spacial score (nSPS) is 19.9. The van der Waals surface area contributed by atoms with E-state index in [9.17, 15) is 19.5 Å². The molecule has 1 fully saturated rings. The maximum absolute atomic E-state index is 13.2. The van der Waals surface area contributed by atoms with E-state index in [1.54, 1.807) is 6.92 Å². The molecule has 1 aliphatic carbocycles. The number of nitrogens with zero attached hydrogens (tertiary/aromatic N) is 1. The first-order valence-corrected chi connectivity index (χ1v) is 11.5. The van der Waals surface area contributed by atoms with Crippen molar-refractivity contribution in [2.45, 2.75) is 44.2 Å². The number of benzene rings is 2. The Morgan fingerprint density at radius 1 is 1.15 bits per heavy atom. The Labute approximate surface area is 199 Å². The van der Waals surface area contributed by atoms with E-state index in [1.165, 1.54) is 4.90 Å². The highest BCUT2D eigenvalue weighted by molar-refractivity contribution is 5.87. The second-order valence-corrected chi connectivity index (χ2v) is 8.79. The molecule has 0 aromatic heterocycles. The number of hydrogen-bond donors (Lipinski definition) is 2. The van der Waals surface area contributed by atoms with E-state index in [-0.39, 0.29) is 24.9 Å². The van der Waals surface area contributed by atoms with Gasteiger partial charge in [-0.3, -0.25) is 9.59 Å². The van der Waals surface area contributed by atoms with Crippen molar-refractivity contribution in [1.29, 1.82) is 0 Å². The van der Waals surface area contributed by atoms with E-state index >= 15 is 0 Å². The number of ether oxygens (including phenoxy) is 1. The first-order valence-electron chi connectivity index (χ1n) is 11.5. The molecule has 1 saturated heterocycles. The van der Waals surface area contributed by atoms with Gasteiger partial charge in [0.1, 0.15) is 12.6 Å². The fourth-order valence-electron chi connectivity index (χ4n) is 5.08. The molecule has 0 bridgehead atoms. The average molecular weight is 461 g/mol. The molecule has 1 aliphatic heterocycles. The molecule has 176 valence electrons. The van der Waals surface area contributed by atoms with Gasteiger partial charge in [-0.05, 0) is 42.0 Å². The van der Waals surface area contributed by atoms with Crippen LogP contribution in [0, 0.1) is 18.3 Å². The minimum atomic E-state index is -0.976. The Balaban J connectivity index is 1.43. The van der Waals surface area contributed by atoms with Crippen LogP contribution in [0.3, 0.4) is 0 Å². The van der Waals surface area contributed by atoms with Gasteiger partial charge in [0.25, 0.3) is 0 Å². The number of aliphatic carboxylic acids is 1. The summed E-state index contributed by atoms with van der Waals surface area (Å²) in [4.78, 5) is 38.9. The molecule has 2 amide bonds. The molecule has 2 aliphatic rings. The third kappa shape index (κ3) is 4.49. The number of alkyl carbamates (subject to hydrolysis) is 1. The van der Waals surface area contributed by atoms with Gasteiger partial charge in [0.2, 0.25) is 5.91 Å².